The molecule has 0 aliphatic carbocycles. The lowest BCUT2D eigenvalue weighted by Crippen LogP contribution is -2.00. The minimum absolute atomic E-state index is 0.299. The zero-order valence-corrected chi connectivity index (χ0v) is 13.9. The molecule has 0 saturated carbocycles. The number of aromatic nitrogens is 5. The van der Waals surface area contributed by atoms with E-state index in [1.807, 2.05) is 36.4 Å². The van der Waals surface area contributed by atoms with E-state index in [9.17, 15) is 4.39 Å². The maximum Gasteiger partial charge on any atom is 0.223 e. The summed E-state index contributed by atoms with van der Waals surface area (Å²) in [6, 6.07) is 17.3. The number of tetrazole rings is 1. The van der Waals surface area contributed by atoms with Crippen molar-refractivity contribution in [3.8, 4) is 34.1 Å². The largest absolute Gasteiger partial charge is 0.496 e. The highest BCUT2D eigenvalue weighted by atomic mass is 19.1. The van der Waals surface area contributed by atoms with Crippen molar-refractivity contribution in [3.05, 3.63) is 72.7 Å². The fraction of sp³-hybridized carbons (Fsp3) is 0.0526. The van der Waals surface area contributed by atoms with E-state index < -0.39 is 0 Å². The summed E-state index contributed by atoms with van der Waals surface area (Å²) in [7, 11) is 1.57. The van der Waals surface area contributed by atoms with Crippen molar-refractivity contribution in [2.75, 3.05) is 7.11 Å². The quantitative estimate of drug-likeness (QED) is 0.565. The third-order valence-corrected chi connectivity index (χ3v) is 3.86. The van der Waals surface area contributed by atoms with Gasteiger partial charge in [-0.1, -0.05) is 18.2 Å². The molecule has 26 heavy (non-hydrogen) atoms. The molecule has 0 aliphatic heterocycles. The molecule has 0 unspecified atom stereocenters. The SMILES string of the molecule is COc1cc(-n2nnc(-c3ccccn3)n2)ccc1-c1cccc(F)c1. The molecule has 6 nitrogen and oxygen atoms in total. The molecule has 0 fully saturated rings. The molecule has 128 valence electrons. The molecular formula is C19H14FN5O. The van der Waals surface area contributed by atoms with Crippen LogP contribution < -0.4 is 4.74 Å². The Morgan fingerprint density at radius 2 is 1.92 bits per heavy atom. The Bertz CT molecular complexity index is 1050. The fourth-order valence-corrected chi connectivity index (χ4v) is 2.62. The smallest absolute Gasteiger partial charge is 0.223 e. The van der Waals surface area contributed by atoms with Crippen LogP contribution in [0.4, 0.5) is 4.39 Å². The van der Waals surface area contributed by atoms with Crippen molar-refractivity contribution in [2.24, 2.45) is 0 Å². The lowest BCUT2D eigenvalue weighted by atomic mass is 10.0. The Hall–Kier alpha value is -3.61. The molecule has 4 rings (SSSR count). The van der Waals surface area contributed by atoms with E-state index in [4.69, 9.17) is 4.74 Å². The van der Waals surface area contributed by atoms with Crippen LogP contribution in [-0.2, 0) is 0 Å². The van der Waals surface area contributed by atoms with Crippen LogP contribution in [0, 0.1) is 5.82 Å². The summed E-state index contributed by atoms with van der Waals surface area (Å²) in [5.41, 5.74) is 2.83. The summed E-state index contributed by atoms with van der Waals surface area (Å²) in [6.07, 6.45) is 1.67. The van der Waals surface area contributed by atoms with E-state index in [2.05, 4.69) is 20.4 Å². The number of rotatable bonds is 4. The first-order valence-corrected chi connectivity index (χ1v) is 7.90. The van der Waals surface area contributed by atoms with Gasteiger partial charge in [-0.3, -0.25) is 4.98 Å². The maximum absolute atomic E-state index is 13.5. The lowest BCUT2D eigenvalue weighted by Gasteiger charge is -2.10. The van der Waals surface area contributed by atoms with Crippen LogP contribution in [0.15, 0.2) is 66.9 Å². The van der Waals surface area contributed by atoms with E-state index in [1.54, 1.807) is 25.4 Å². The number of nitrogens with zero attached hydrogens (tertiary/aromatic N) is 5. The molecule has 0 aliphatic rings. The van der Waals surface area contributed by atoms with Crippen LogP contribution in [0.25, 0.3) is 28.3 Å². The van der Waals surface area contributed by atoms with E-state index in [1.165, 1.54) is 16.9 Å². The van der Waals surface area contributed by atoms with Gasteiger partial charge >= 0.3 is 0 Å². The molecular weight excluding hydrogens is 333 g/mol. The first-order valence-electron chi connectivity index (χ1n) is 7.90. The second-order valence-electron chi connectivity index (χ2n) is 5.51. The summed E-state index contributed by atoms with van der Waals surface area (Å²) in [5.74, 6) is 0.718. The first kappa shape index (κ1) is 15.9. The van der Waals surface area contributed by atoms with Crippen molar-refractivity contribution in [1.82, 2.24) is 25.2 Å². The summed E-state index contributed by atoms with van der Waals surface area (Å²) >= 11 is 0. The topological polar surface area (TPSA) is 65.7 Å². The lowest BCUT2D eigenvalue weighted by molar-refractivity contribution is 0.416. The average molecular weight is 347 g/mol. The molecule has 2 aromatic heterocycles. The van der Waals surface area contributed by atoms with Crippen molar-refractivity contribution >= 4 is 0 Å². The van der Waals surface area contributed by atoms with E-state index in [0.29, 0.717) is 23.0 Å². The second-order valence-corrected chi connectivity index (χ2v) is 5.51. The van der Waals surface area contributed by atoms with Gasteiger partial charge in [0.25, 0.3) is 0 Å². The number of hydrogen-bond acceptors (Lipinski definition) is 5. The van der Waals surface area contributed by atoms with Crippen LogP contribution in [-0.4, -0.2) is 32.3 Å². The van der Waals surface area contributed by atoms with Crippen LogP contribution >= 0.6 is 0 Å². The molecule has 0 saturated heterocycles. The van der Waals surface area contributed by atoms with Crippen LogP contribution in [0.2, 0.25) is 0 Å². The summed E-state index contributed by atoms with van der Waals surface area (Å²) < 4.78 is 19.0. The number of halogens is 1. The predicted molar refractivity (Wildman–Crippen MR) is 94.3 cm³/mol. The highest BCUT2D eigenvalue weighted by molar-refractivity contribution is 5.72. The van der Waals surface area contributed by atoms with Gasteiger partial charge in [0.05, 0.1) is 12.8 Å². The van der Waals surface area contributed by atoms with Gasteiger partial charge in [0, 0.05) is 17.8 Å². The van der Waals surface area contributed by atoms with Gasteiger partial charge < -0.3 is 4.74 Å². The Labute approximate surface area is 148 Å². The van der Waals surface area contributed by atoms with Gasteiger partial charge in [-0.05, 0) is 47.2 Å². The Morgan fingerprint density at radius 1 is 1.00 bits per heavy atom. The molecule has 2 heterocycles. The normalized spacial score (nSPS) is 10.7. The van der Waals surface area contributed by atoms with Gasteiger partial charge in [0.2, 0.25) is 5.82 Å². The molecule has 7 heteroatoms. The summed E-state index contributed by atoms with van der Waals surface area (Å²) in [6.45, 7) is 0. The molecule has 0 radical (unpaired) electrons. The minimum Gasteiger partial charge on any atom is -0.496 e. The van der Waals surface area contributed by atoms with E-state index in [0.717, 1.165) is 11.1 Å². The van der Waals surface area contributed by atoms with E-state index >= 15 is 0 Å². The van der Waals surface area contributed by atoms with Crippen LogP contribution in [0.1, 0.15) is 0 Å². The molecule has 4 aromatic rings. The third-order valence-electron chi connectivity index (χ3n) is 3.86. The molecule has 2 aromatic carbocycles. The highest BCUT2D eigenvalue weighted by Gasteiger charge is 2.12. The molecule has 0 N–H and O–H groups in total. The van der Waals surface area contributed by atoms with E-state index in [-0.39, 0.29) is 5.82 Å². The van der Waals surface area contributed by atoms with Gasteiger partial charge in [-0.25, -0.2) is 4.39 Å². The summed E-state index contributed by atoms with van der Waals surface area (Å²) in [5, 5.41) is 12.5. The number of benzene rings is 2. The summed E-state index contributed by atoms with van der Waals surface area (Å²) in [4.78, 5) is 5.62. The highest BCUT2D eigenvalue weighted by Crippen LogP contribution is 2.32. The Morgan fingerprint density at radius 3 is 2.69 bits per heavy atom. The van der Waals surface area contributed by atoms with Crippen molar-refractivity contribution < 1.29 is 9.13 Å². The van der Waals surface area contributed by atoms with Gasteiger partial charge in [-0.2, -0.15) is 0 Å². The van der Waals surface area contributed by atoms with Gasteiger partial charge in [-0.15, -0.1) is 15.0 Å². The van der Waals surface area contributed by atoms with Crippen molar-refractivity contribution in [1.29, 1.82) is 0 Å². The molecule has 0 atom stereocenters. The number of methoxy groups -OCH3 is 1. The second kappa shape index (κ2) is 6.72. The van der Waals surface area contributed by atoms with Crippen LogP contribution in [0.3, 0.4) is 0 Å². The van der Waals surface area contributed by atoms with Crippen LogP contribution in [0.5, 0.6) is 5.75 Å². The number of ether oxygens (including phenoxy) is 1. The van der Waals surface area contributed by atoms with Gasteiger partial charge in [0.1, 0.15) is 17.3 Å². The van der Waals surface area contributed by atoms with Gasteiger partial charge in [0.15, 0.2) is 0 Å². The Kier molecular flexibility index (Phi) is 4.10. The zero-order chi connectivity index (χ0) is 17.9. The predicted octanol–water partition coefficient (Wildman–Crippen LogP) is 3.54. The molecule has 0 spiro atoms. The maximum atomic E-state index is 13.5. The molecule has 0 amide bonds. The first-order chi connectivity index (χ1) is 12.7. The number of pyridine rings is 1. The molecule has 0 bridgehead atoms. The zero-order valence-electron chi connectivity index (χ0n) is 13.9. The standard InChI is InChI=1S/C19H14FN5O/c1-26-18-12-15(8-9-16(18)13-5-4-6-14(20)11-13)25-23-19(22-24-25)17-7-2-3-10-21-17/h2-12H,1H3. The van der Waals surface area contributed by atoms with Crippen molar-refractivity contribution in [3.63, 3.8) is 0 Å². The minimum atomic E-state index is -0.299. The monoisotopic (exact) mass is 347 g/mol. The average Bonchev–Trinajstić information content (AvgIpc) is 3.18. The third kappa shape index (κ3) is 3.02. The Balaban J connectivity index is 1.72. The fourth-order valence-electron chi connectivity index (χ4n) is 2.62. The number of hydrogen-bond donors (Lipinski definition) is 0. The van der Waals surface area contributed by atoms with Crippen molar-refractivity contribution in [2.45, 2.75) is 0 Å².